The van der Waals surface area contributed by atoms with Gasteiger partial charge in [0.2, 0.25) is 5.91 Å². The fourth-order valence-electron chi connectivity index (χ4n) is 4.16. The van der Waals surface area contributed by atoms with Crippen LogP contribution in [0.4, 0.5) is 5.69 Å². The lowest BCUT2D eigenvalue weighted by molar-refractivity contribution is -0.116. The van der Waals surface area contributed by atoms with Crippen LogP contribution in [-0.4, -0.2) is 41.6 Å². The molecule has 30 heavy (non-hydrogen) atoms. The number of carbonyl (C=O) groups is 3. The van der Waals surface area contributed by atoms with Gasteiger partial charge >= 0.3 is 0 Å². The van der Waals surface area contributed by atoms with Gasteiger partial charge in [0.15, 0.2) is 5.78 Å². The van der Waals surface area contributed by atoms with Gasteiger partial charge < -0.3 is 10.6 Å². The maximum absolute atomic E-state index is 12.6. The van der Waals surface area contributed by atoms with Crippen molar-refractivity contribution < 1.29 is 14.4 Å². The van der Waals surface area contributed by atoms with Gasteiger partial charge in [0.1, 0.15) is 0 Å². The lowest BCUT2D eigenvalue weighted by Gasteiger charge is -2.32. The number of hydrogen-bond acceptors (Lipinski definition) is 4. The third-order valence-corrected chi connectivity index (χ3v) is 5.93. The van der Waals surface area contributed by atoms with Gasteiger partial charge in [-0.1, -0.05) is 24.3 Å². The molecule has 0 unspecified atom stereocenters. The summed E-state index contributed by atoms with van der Waals surface area (Å²) in [5.41, 5.74) is 4.42. The summed E-state index contributed by atoms with van der Waals surface area (Å²) >= 11 is 0. The molecule has 0 saturated carbocycles. The molecule has 4 rings (SSSR count). The Bertz CT molecular complexity index is 977. The molecule has 2 aliphatic rings. The molecule has 0 spiro atoms. The molecular weight excluding hydrogens is 378 g/mol. The molecule has 0 aliphatic carbocycles. The monoisotopic (exact) mass is 405 g/mol. The number of carbonyl (C=O) groups excluding carboxylic acids is 3. The van der Waals surface area contributed by atoms with Crippen LogP contribution in [0.25, 0.3) is 0 Å². The van der Waals surface area contributed by atoms with Crippen LogP contribution in [-0.2, 0) is 17.8 Å². The highest BCUT2D eigenvalue weighted by Gasteiger charge is 2.22. The van der Waals surface area contributed by atoms with Gasteiger partial charge in [-0.25, -0.2) is 0 Å². The van der Waals surface area contributed by atoms with Gasteiger partial charge in [-0.15, -0.1) is 0 Å². The molecule has 1 saturated heterocycles. The van der Waals surface area contributed by atoms with Crippen molar-refractivity contribution in [1.82, 2.24) is 10.2 Å². The predicted molar refractivity (Wildman–Crippen MR) is 116 cm³/mol. The summed E-state index contributed by atoms with van der Waals surface area (Å²) in [6.45, 7) is 4.15. The highest BCUT2D eigenvalue weighted by atomic mass is 16.2. The second-order valence-corrected chi connectivity index (χ2v) is 8.20. The molecule has 6 heteroatoms. The molecule has 2 N–H and O–H groups in total. The molecule has 2 heterocycles. The molecule has 0 bridgehead atoms. The minimum atomic E-state index is -0.123. The summed E-state index contributed by atoms with van der Waals surface area (Å²) in [4.78, 5) is 38.1. The number of anilines is 1. The summed E-state index contributed by atoms with van der Waals surface area (Å²) in [5.74, 6) is -0.0771. The number of rotatable bonds is 5. The van der Waals surface area contributed by atoms with Crippen LogP contribution >= 0.6 is 0 Å². The maximum atomic E-state index is 12.6. The number of amides is 2. The van der Waals surface area contributed by atoms with Crippen LogP contribution in [0.5, 0.6) is 0 Å². The van der Waals surface area contributed by atoms with Gasteiger partial charge in [-0.05, 0) is 55.5 Å². The molecule has 2 amide bonds. The summed E-state index contributed by atoms with van der Waals surface area (Å²) < 4.78 is 0. The normalized spacial score (nSPS) is 17.2. The Kier molecular flexibility index (Phi) is 5.95. The summed E-state index contributed by atoms with van der Waals surface area (Å²) in [6.07, 6.45) is 3.14. The smallest absolute Gasteiger partial charge is 0.251 e. The third-order valence-electron chi connectivity index (χ3n) is 5.93. The Labute approximate surface area is 176 Å². The molecular formula is C24H27N3O3. The number of hydrogen-bond donors (Lipinski definition) is 2. The lowest BCUT2D eigenvalue weighted by Crippen LogP contribution is -2.44. The van der Waals surface area contributed by atoms with Crippen LogP contribution in [0, 0.1) is 0 Å². The van der Waals surface area contributed by atoms with E-state index in [1.807, 2.05) is 0 Å². The summed E-state index contributed by atoms with van der Waals surface area (Å²) in [6, 6.07) is 13.4. The molecule has 1 fully saturated rings. The van der Waals surface area contributed by atoms with Crippen molar-refractivity contribution >= 4 is 23.3 Å². The zero-order valence-electron chi connectivity index (χ0n) is 17.2. The molecule has 0 aromatic heterocycles. The van der Waals surface area contributed by atoms with Crippen molar-refractivity contribution in [3.05, 3.63) is 64.7 Å². The van der Waals surface area contributed by atoms with Crippen molar-refractivity contribution in [3.63, 3.8) is 0 Å². The average molecular weight is 405 g/mol. The minimum Gasteiger partial charge on any atom is -0.349 e. The number of nitrogens with zero attached hydrogens (tertiary/aromatic N) is 1. The number of piperidine rings is 1. The van der Waals surface area contributed by atoms with Crippen LogP contribution in [0.2, 0.25) is 0 Å². The summed E-state index contributed by atoms with van der Waals surface area (Å²) in [5, 5.41) is 6.07. The van der Waals surface area contributed by atoms with Crippen molar-refractivity contribution in [2.24, 2.45) is 0 Å². The standard InChI is InChI=1S/C24H27N3O3/c1-16(28)19-3-2-4-20(14-19)24(30)25-21-9-11-27(12-10-21)15-17-5-6-18-7-8-23(29)26-22(18)13-17/h2-6,13-14,21H,7-12,15H2,1H3,(H,25,30)(H,26,29). The first kappa shape index (κ1) is 20.3. The van der Waals surface area contributed by atoms with E-state index in [9.17, 15) is 14.4 Å². The fourth-order valence-corrected chi connectivity index (χ4v) is 4.16. The van der Waals surface area contributed by atoms with Gasteiger partial charge in [-0.3, -0.25) is 19.3 Å². The Morgan fingerprint density at radius 3 is 2.60 bits per heavy atom. The number of likely N-dealkylation sites (tertiary alicyclic amines) is 1. The minimum absolute atomic E-state index is 0.0419. The van der Waals surface area contributed by atoms with E-state index in [0.717, 1.165) is 44.6 Å². The van der Waals surface area contributed by atoms with Gasteiger partial charge in [0.25, 0.3) is 5.91 Å². The topological polar surface area (TPSA) is 78.5 Å². The maximum Gasteiger partial charge on any atom is 0.251 e. The predicted octanol–water partition coefficient (Wildman–Crippen LogP) is 3.17. The first-order valence-corrected chi connectivity index (χ1v) is 10.5. The Morgan fingerprint density at radius 2 is 1.83 bits per heavy atom. The molecule has 2 aliphatic heterocycles. The zero-order valence-corrected chi connectivity index (χ0v) is 17.2. The first-order valence-electron chi connectivity index (χ1n) is 10.5. The fraction of sp³-hybridized carbons (Fsp3) is 0.375. The Morgan fingerprint density at radius 1 is 1.07 bits per heavy atom. The molecule has 2 aromatic rings. The van der Waals surface area contributed by atoms with Gasteiger partial charge in [0, 0.05) is 48.9 Å². The van der Waals surface area contributed by atoms with Crippen molar-refractivity contribution in [1.29, 1.82) is 0 Å². The molecule has 2 aromatic carbocycles. The summed E-state index contributed by atoms with van der Waals surface area (Å²) in [7, 11) is 0. The van der Waals surface area contributed by atoms with E-state index in [1.54, 1.807) is 24.3 Å². The van der Waals surface area contributed by atoms with E-state index in [4.69, 9.17) is 0 Å². The second-order valence-electron chi connectivity index (χ2n) is 8.20. The number of fused-ring (bicyclic) bond motifs is 1. The Balaban J connectivity index is 1.29. The zero-order chi connectivity index (χ0) is 21.1. The van der Waals surface area contributed by atoms with Crippen molar-refractivity contribution in [3.8, 4) is 0 Å². The van der Waals surface area contributed by atoms with E-state index in [-0.39, 0.29) is 23.6 Å². The van der Waals surface area contributed by atoms with E-state index in [0.29, 0.717) is 17.5 Å². The largest absolute Gasteiger partial charge is 0.349 e. The van der Waals surface area contributed by atoms with Crippen LogP contribution in [0.3, 0.4) is 0 Å². The quantitative estimate of drug-likeness (QED) is 0.749. The van der Waals surface area contributed by atoms with Crippen LogP contribution in [0.15, 0.2) is 42.5 Å². The number of benzene rings is 2. The molecule has 0 radical (unpaired) electrons. The van der Waals surface area contributed by atoms with E-state index < -0.39 is 0 Å². The second kappa shape index (κ2) is 8.79. The highest BCUT2D eigenvalue weighted by molar-refractivity contribution is 5.99. The van der Waals surface area contributed by atoms with E-state index in [2.05, 4.69) is 33.7 Å². The van der Waals surface area contributed by atoms with Crippen LogP contribution in [0.1, 0.15) is 58.0 Å². The number of nitrogens with one attached hydrogen (secondary N) is 2. The molecule has 0 atom stereocenters. The van der Waals surface area contributed by atoms with Crippen LogP contribution < -0.4 is 10.6 Å². The molecule has 6 nitrogen and oxygen atoms in total. The average Bonchev–Trinajstić information content (AvgIpc) is 2.75. The van der Waals surface area contributed by atoms with Gasteiger partial charge in [-0.2, -0.15) is 0 Å². The number of Topliss-reactive ketones (excluding diaryl/α,β-unsaturated/α-hetero) is 1. The molecule has 156 valence electrons. The third kappa shape index (κ3) is 4.76. The van der Waals surface area contributed by atoms with Crippen molar-refractivity contribution in [2.45, 2.75) is 45.2 Å². The highest BCUT2D eigenvalue weighted by Crippen LogP contribution is 2.25. The van der Waals surface area contributed by atoms with Gasteiger partial charge in [0.05, 0.1) is 0 Å². The van der Waals surface area contributed by atoms with Crippen molar-refractivity contribution in [2.75, 3.05) is 18.4 Å². The lowest BCUT2D eigenvalue weighted by atomic mass is 9.99. The van der Waals surface area contributed by atoms with E-state index in [1.165, 1.54) is 18.1 Å². The first-order chi connectivity index (χ1) is 14.5. The number of ketones is 1. The van der Waals surface area contributed by atoms with E-state index >= 15 is 0 Å². The Hall–Kier alpha value is -2.99. The SMILES string of the molecule is CC(=O)c1cccc(C(=O)NC2CCN(Cc3ccc4c(c3)NC(=O)CC4)CC2)c1. The number of aryl methyl sites for hydroxylation is 1.